The molecule has 2 nitrogen and oxygen atoms in total. The van der Waals surface area contributed by atoms with E-state index in [1.807, 2.05) is 6.92 Å². The highest BCUT2D eigenvalue weighted by molar-refractivity contribution is 7.82. The Balaban J connectivity index is 3.18. The van der Waals surface area contributed by atoms with Gasteiger partial charge in [-0.15, -0.1) is 0 Å². The first-order valence-electron chi connectivity index (χ1n) is 4.32. The van der Waals surface area contributed by atoms with Crippen LogP contribution in [0.5, 0.6) is 0 Å². The van der Waals surface area contributed by atoms with Gasteiger partial charge in [0, 0.05) is 16.5 Å². The van der Waals surface area contributed by atoms with Crippen molar-refractivity contribution in [2.75, 3.05) is 0 Å². The van der Waals surface area contributed by atoms with Crippen LogP contribution in [0.1, 0.15) is 20.3 Å². The van der Waals surface area contributed by atoms with E-state index in [1.54, 1.807) is 0 Å². The summed E-state index contributed by atoms with van der Waals surface area (Å²) in [5.74, 6) is 0.196. The molecule has 1 aliphatic rings. The monoisotopic (exact) mass is 214 g/mol. The molecule has 0 aliphatic heterocycles. The largest absolute Gasteiger partial charge is 0.398 e. The maximum atomic E-state index is 5.87. The smallest absolute Gasteiger partial charge is 0.0744 e. The molecule has 2 atom stereocenters. The Kier molecular flexibility index (Phi) is 3.16. The van der Waals surface area contributed by atoms with E-state index in [-0.39, 0.29) is 12.0 Å². The minimum Gasteiger partial charge on any atom is -0.398 e. The second kappa shape index (κ2) is 3.82. The third kappa shape index (κ3) is 1.66. The van der Waals surface area contributed by atoms with Crippen LogP contribution in [0.2, 0.25) is 0 Å². The molecule has 0 fully saturated rings. The molecule has 4 N–H and O–H groups in total. The highest BCUT2D eigenvalue weighted by Gasteiger charge is 2.30. The van der Waals surface area contributed by atoms with Crippen molar-refractivity contribution < 1.29 is 0 Å². The summed E-state index contributed by atoms with van der Waals surface area (Å²) in [6.07, 6.45) is 0.889. The molecule has 0 heterocycles. The van der Waals surface area contributed by atoms with Crippen LogP contribution in [-0.2, 0) is 0 Å². The maximum Gasteiger partial charge on any atom is 0.0744 e. The lowest BCUT2D eigenvalue weighted by Gasteiger charge is -2.29. The Morgan fingerprint density at radius 2 is 1.92 bits per heavy atom. The standard InChI is InChI=1S/C9H14N2S2/c1-3-5-4(2)8(12)7(11)9(13)6(5)10/h4,7H,3,10-11H2,1-2H3. The molecule has 0 aromatic carbocycles. The minimum absolute atomic E-state index is 0.196. The fourth-order valence-corrected chi connectivity index (χ4v) is 2.22. The molecular formula is C9H14N2S2. The van der Waals surface area contributed by atoms with Crippen molar-refractivity contribution in [2.24, 2.45) is 17.4 Å². The molecule has 4 heteroatoms. The lowest BCUT2D eigenvalue weighted by Crippen LogP contribution is -2.46. The molecular weight excluding hydrogens is 200 g/mol. The van der Waals surface area contributed by atoms with Crippen molar-refractivity contribution in [3.8, 4) is 0 Å². The molecule has 0 bridgehead atoms. The predicted octanol–water partition coefficient (Wildman–Crippen LogP) is 1.33. The molecule has 72 valence electrons. The topological polar surface area (TPSA) is 52.0 Å². The number of hydrogen-bond donors (Lipinski definition) is 2. The van der Waals surface area contributed by atoms with Crippen molar-refractivity contribution in [1.29, 1.82) is 0 Å². The Morgan fingerprint density at radius 1 is 1.38 bits per heavy atom. The van der Waals surface area contributed by atoms with Crippen molar-refractivity contribution in [2.45, 2.75) is 26.3 Å². The lowest BCUT2D eigenvalue weighted by atomic mass is 9.83. The molecule has 0 radical (unpaired) electrons. The van der Waals surface area contributed by atoms with Gasteiger partial charge in [0.1, 0.15) is 0 Å². The number of hydrogen-bond acceptors (Lipinski definition) is 4. The zero-order chi connectivity index (χ0) is 10.2. The molecule has 13 heavy (non-hydrogen) atoms. The van der Waals surface area contributed by atoms with Gasteiger partial charge < -0.3 is 11.5 Å². The van der Waals surface area contributed by atoms with Gasteiger partial charge in [0.25, 0.3) is 0 Å². The van der Waals surface area contributed by atoms with E-state index in [1.165, 1.54) is 0 Å². The third-order valence-corrected chi connectivity index (χ3v) is 3.61. The molecule has 0 aromatic heterocycles. The summed E-state index contributed by atoms with van der Waals surface area (Å²) in [7, 11) is 0. The Labute approximate surface area is 89.4 Å². The highest BCUT2D eigenvalue weighted by atomic mass is 32.1. The van der Waals surface area contributed by atoms with Crippen molar-refractivity contribution in [1.82, 2.24) is 0 Å². The number of thiocarbonyl (C=S) groups is 2. The predicted molar refractivity (Wildman–Crippen MR) is 63.8 cm³/mol. The molecule has 0 saturated carbocycles. The van der Waals surface area contributed by atoms with Crippen molar-refractivity contribution in [3.05, 3.63) is 11.3 Å². The van der Waals surface area contributed by atoms with Gasteiger partial charge in [0.05, 0.1) is 10.9 Å². The van der Waals surface area contributed by atoms with Crippen molar-refractivity contribution >= 4 is 34.2 Å². The quantitative estimate of drug-likeness (QED) is 0.647. The van der Waals surface area contributed by atoms with Gasteiger partial charge in [-0.25, -0.2) is 0 Å². The van der Waals surface area contributed by atoms with Gasteiger partial charge in [-0.2, -0.15) is 0 Å². The molecule has 0 aromatic rings. The SMILES string of the molecule is CCC1=C(N)C(=S)C(N)C(=S)C1C. The van der Waals surface area contributed by atoms with Gasteiger partial charge in [-0.05, 0) is 12.0 Å². The molecule has 1 aliphatic carbocycles. The maximum absolute atomic E-state index is 5.87. The number of rotatable bonds is 1. The van der Waals surface area contributed by atoms with E-state index in [0.717, 1.165) is 16.9 Å². The second-order valence-electron chi connectivity index (χ2n) is 3.26. The Morgan fingerprint density at radius 3 is 2.38 bits per heavy atom. The van der Waals surface area contributed by atoms with E-state index in [2.05, 4.69) is 6.92 Å². The van der Waals surface area contributed by atoms with E-state index < -0.39 is 0 Å². The van der Waals surface area contributed by atoms with Crippen LogP contribution >= 0.6 is 24.4 Å². The fraction of sp³-hybridized carbons (Fsp3) is 0.556. The molecule has 0 spiro atoms. The van der Waals surface area contributed by atoms with Gasteiger partial charge in [0.15, 0.2) is 0 Å². The van der Waals surface area contributed by atoms with Gasteiger partial charge in [-0.1, -0.05) is 38.3 Å². The van der Waals surface area contributed by atoms with E-state index in [4.69, 9.17) is 35.9 Å². The highest BCUT2D eigenvalue weighted by Crippen LogP contribution is 2.26. The number of allylic oxidation sites excluding steroid dienone is 1. The van der Waals surface area contributed by atoms with E-state index in [9.17, 15) is 0 Å². The van der Waals surface area contributed by atoms with Crippen LogP contribution in [0.4, 0.5) is 0 Å². The van der Waals surface area contributed by atoms with E-state index >= 15 is 0 Å². The summed E-state index contributed by atoms with van der Waals surface area (Å²) < 4.78 is 0. The first-order chi connectivity index (χ1) is 6.00. The Hall–Kier alpha value is -0.320. The first kappa shape index (κ1) is 10.8. The molecule has 1 rings (SSSR count). The summed E-state index contributed by atoms with van der Waals surface area (Å²) >= 11 is 10.4. The fourth-order valence-electron chi connectivity index (χ4n) is 1.63. The van der Waals surface area contributed by atoms with Crippen LogP contribution in [0.3, 0.4) is 0 Å². The average molecular weight is 214 g/mol. The molecule has 0 amide bonds. The zero-order valence-corrected chi connectivity index (χ0v) is 9.47. The summed E-state index contributed by atoms with van der Waals surface area (Å²) in [5.41, 5.74) is 13.5. The van der Waals surface area contributed by atoms with Gasteiger partial charge >= 0.3 is 0 Å². The molecule has 0 saturated heterocycles. The van der Waals surface area contributed by atoms with Crippen LogP contribution < -0.4 is 11.5 Å². The summed E-state index contributed by atoms with van der Waals surface area (Å²) in [5, 5.41) is 0. The average Bonchev–Trinajstić information content (AvgIpc) is 2.13. The minimum atomic E-state index is -0.310. The molecule has 2 unspecified atom stereocenters. The van der Waals surface area contributed by atoms with Crippen LogP contribution in [-0.4, -0.2) is 15.8 Å². The Bertz CT molecular complexity index is 294. The van der Waals surface area contributed by atoms with Crippen LogP contribution in [0.15, 0.2) is 11.3 Å². The van der Waals surface area contributed by atoms with E-state index in [0.29, 0.717) is 10.6 Å². The first-order valence-corrected chi connectivity index (χ1v) is 5.14. The van der Waals surface area contributed by atoms with Crippen LogP contribution in [0.25, 0.3) is 0 Å². The summed E-state index contributed by atoms with van der Waals surface area (Å²) in [4.78, 5) is 1.43. The summed E-state index contributed by atoms with van der Waals surface area (Å²) in [6, 6.07) is -0.310. The summed E-state index contributed by atoms with van der Waals surface area (Å²) in [6.45, 7) is 4.09. The van der Waals surface area contributed by atoms with Crippen molar-refractivity contribution in [3.63, 3.8) is 0 Å². The zero-order valence-electron chi connectivity index (χ0n) is 7.83. The normalized spacial score (nSPS) is 29.8. The van der Waals surface area contributed by atoms with Crippen LogP contribution in [0, 0.1) is 5.92 Å². The number of nitrogens with two attached hydrogens (primary N) is 2. The lowest BCUT2D eigenvalue weighted by molar-refractivity contribution is 0.810. The second-order valence-corrected chi connectivity index (χ2v) is 4.17. The van der Waals surface area contributed by atoms with Gasteiger partial charge in [-0.3, -0.25) is 0 Å². The third-order valence-electron chi connectivity index (χ3n) is 2.53. The van der Waals surface area contributed by atoms with Gasteiger partial charge in [0.2, 0.25) is 0 Å².